The van der Waals surface area contributed by atoms with Crippen LogP contribution in [0.25, 0.3) is 16.6 Å². The molecule has 5 aromatic rings. The lowest BCUT2D eigenvalue weighted by Gasteiger charge is -2.35. The predicted molar refractivity (Wildman–Crippen MR) is 139 cm³/mol. The van der Waals surface area contributed by atoms with Gasteiger partial charge in [-0.1, -0.05) is 36.4 Å². The van der Waals surface area contributed by atoms with Crippen LogP contribution in [0.5, 0.6) is 0 Å². The van der Waals surface area contributed by atoms with E-state index in [0.717, 1.165) is 65.6 Å². The lowest BCUT2D eigenvalue weighted by atomic mass is 10.0. The molecule has 1 N–H and O–H groups in total. The van der Waals surface area contributed by atoms with E-state index in [2.05, 4.69) is 48.3 Å². The van der Waals surface area contributed by atoms with E-state index in [0.29, 0.717) is 6.42 Å². The molecule has 0 amide bonds. The number of nitrogens with zero attached hydrogens (tertiary/aromatic N) is 8. The van der Waals surface area contributed by atoms with E-state index in [1.165, 1.54) is 0 Å². The van der Waals surface area contributed by atoms with Crippen LogP contribution in [0.4, 0.5) is 11.6 Å². The first kappa shape index (κ1) is 22.2. The van der Waals surface area contributed by atoms with Crippen LogP contribution in [0.2, 0.25) is 0 Å². The Kier molecular flexibility index (Phi) is 5.82. The molecule has 1 unspecified atom stereocenters. The number of fused-ring (bicyclic) bond motifs is 1. The molecule has 0 saturated carbocycles. The third-order valence-corrected chi connectivity index (χ3v) is 6.74. The van der Waals surface area contributed by atoms with Gasteiger partial charge in [-0.15, -0.1) is 0 Å². The fraction of sp³-hybridized carbons (Fsp3) is 0.259. The minimum atomic E-state index is -0.560. The monoisotopic (exact) mass is 480 g/mol. The van der Waals surface area contributed by atoms with Gasteiger partial charge in [-0.2, -0.15) is 10.2 Å². The minimum absolute atomic E-state index is 0.495. The lowest BCUT2D eigenvalue weighted by molar-refractivity contribution is 0.178. The fourth-order valence-corrected chi connectivity index (χ4v) is 4.74. The molecule has 1 fully saturated rings. The van der Waals surface area contributed by atoms with Crippen LogP contribution in [0.3, 0.4) is 0 Å². The van der Waals surface area contributed by atoms with Gasteiger partial charge >= 0.3 is 0 Å². The van der Waals surface area contributed by atoms with Crippen molar-refractivity contribution in [3.63, 3.8) is 0 Å². The molecule has 1 aromatic carbocycles. The first-order chi connectivity index (χ1) is 17.6. The third-order valence-electron chi connectivity index (χ3n) is 6.74. The average molecular weight is 481 g/mol. The van der Waals surface area contributed by atoms with Crippen molar-refractivity contribution >= 4 is 17.2 Å². The van der Waals surface area contributed by atoms with Crippen molar-refractivity contribution in [2.24, 2.45) is 7.05 Å². The van der Waals surface area contributed by atoms with E-state index in [-0.39, 0.29) is 0 Å². The van der Waals surface area contributed by atoms with E-state index in [1.807, 2.05) is 72.9 Å². The number of pyridine rings is 1. The number of aliphatic hydroxyl groups is 1. The largest absolute Gasteiger partial charge is 0.388 e. The minimum Gasteiger partial charge on any atom is -0.388 e. The van der Waals surface area contributed by atoms with Gasteiger partial charge in [0.2, 0.25) is 5.95 Å². The highest BCUT2D eigenvalue weighted by molar-refractivity contribution is 5.75. The zero-order chi connectivity index (χ0) is 24.5. The Morgan fingerprint density at radius 1 is 0.806 bits per heavy atom. The molecule has 1 aliphatic rings. The molecule has 0 radical (unpaired) electrons. The number of benzene rings is 1. The van der Waals surface area contributed by atoms with Gasteiger partial charge < -0.3 is 14.9 Å². The van der Waals surface area contributed by atoms with Gasteiger partial charge in [0.1, 0.15) is 0 Å². The van der Waals surface area contributed by atoms with Crippen molar-refractivity contribution < 1.29 is 5.11 Å². The van der Waals surface area contributed by atoms with E-state index < -0.39 is 6.10 Å². The highest BCUT2D eigenvalue weighted by Gasteiger charge is 2.22. The molecule has 9 heteroatoms. The SMILES string of the molecule is Cn1cc(-c2ccc3c(N4CCN(c5ncc(CC(O)c6ccccc6)cn5)CC4)cnn3c2)cn1. The van der Waals surface area contributed by atoms with E-state index in [4.69, 9.17) is 0 Å². The van der Waals surface area contributed by atoms with Gasteiger partial charge in [0.15, 0.2) is 0 Å². The molecule has 5 heterocycles. The van der Waals surface area contributed by atoms with Crippen molar-refractivity contribution in [1.82, 2.24) is 29.4 Å². The van der Waals surface area contributed by atoms with E-state index in [9.17, 15) is 5.11 Å². The van der Waals surface area contributed by atoms with E-state index >= 15 is 0 Å². The molecule has 1 aliphatic heterocycles. The van der Waals surface area contributed by atoms with Crippen LogP contribution in [0.1, 0.15) is 17.2 Å². The van der Waals surface area contributed by atoms with Gasteiger partial charge in [-0.25, -0.2) is 14.5 Å². The van der Waals surface area contributed by atoms with Gasteiger partial charge in [0.05, 0.1) is 29.7 Å². The highest BCUT2D eigenvalue weighted by Crippen LogP contribution is 2.27. The van der Waals surface area contributed by atoms with Gasteiger partial charge in [0.25, 0.3) is 0 Å². The van der Waals surface area contributed by atoms with Crippen LogP contribution in [0.15, 0.2) is 79.6 Å². The Morgan fingerprint density at radius 3 is 2.28 bits per heavy atom. The number of aromatic nitrogens is 6. The fourth-order valence-electron chi connectivity index (χ4n) is 4.74. The number of piperazine rings is 1. The van der Waals surface area contributed by atoms with Crippen LogP contribution >= 0.6 is 0 Å². The molecule has 9 nitrogen and oxygen atoms in total. The van der Waals surface area contributed by atoms with Crippen molar-refractivity contribution in [2.75, 3.05) is 36.0 Å². The summed E-state index contributed by atoms with van der Waals surface area (Å²) >= 11 is 0. The van der Waals surface area contributed by atoms with Gasteiger partial charge in [-0.05, 0) is 17.2 Å². The second-order valence-electron chi connectivity index (χ2n) is 9.18. The average Bonchev–Trinajstić information content (AvgIpc) is 3.55. The molecular formula is C27H28N8O. The topological polar surface area (TPSA) is 87.6 Å². The molecule has 1 atom stereocenters. The number of hydrogen-bond donors (Lipinski definition) is 1. The molecule has 6 rings (SSSR count). The van der Waals surface area contributed by atoms with Gasteiger partial charge in [0, 0.05) is 75.6 Å². The van der Waals surface area contributed by atoms with Crippen LogP contribution < -0.4 is 9.80 Å². The maximum absolute atomic E-state index is 10.5. The quantitative estimate of drug-likeness (QED) is 0.400. The van der Waals surface area contributed by atoms with Crippen molar-refractivity contribution in [3.8, 4) is 11.1 Å². The number of anilines is 2. The normalized spacial score (nSPS) is 14.9. The van der Waals surface area contributed by atoms with Crippen molar-refractivity contribution in [3.05, 3.63) is 90.8 Å². The Labute approximate surface area is 209 Å². The number of aryl methyl sites for hydroxylation is 1. The molecule has 182 valence electrons. The summed E-state index contributed by atoms with van der Waals surface area (Å²) in [6.45, 7) is 3.39. The third kappa shape index (κ3) is 4.40. The predicted octanol–water partition coefficient (Wildman–Crippen LogP) is 3.13. The Balaban J connectivity index is 1.09. The Morgan fingerprint density at radius 2 is 1.56 bits per heavy atom. The maximum Gasteiger partial charge on any atom is 0.225 e. The second kappa shape index (κ2) is 9.43. The van der Waals surface area contributed by atoms with Crippen molar-refractivity contribution in [2.45, 2.75) is 12.5 Å². The van der Waals surface area contributed by atoms with Crippen LogP contribution in [-0.4, -0.2) is 60.6 Å². The molecule has 1 saturated heterocycles. The Hall–Kier alpha value is -4.24. The van der Waals surface area contributed by atoms with Crippen molar-refractivity contribution in [1.29, 1.82) is 0 Å². The summed E-state index contributed by atoms with van der Waals surface area (Å²) < 4.78 is 3.74. The first-order valence-corrected chi connectivity index (χ1v) is 12.1. The summed E-state index contributed by atoms with van der Waals surface area (Å²) in [4.78, 5) is 13.8. The summed E-state index contributed by atoms with van der Waals surface area (Å²) in [5, 5.41) is 19.4. The standard InChI is InChI=1S/C27H28N8O/c1-32-18-23(16-30-32)22-7-8-24-25(17-31-35(24)19-22)33-9-11-34(12-10-33)27-28-14-20(15-29-27)13-26(36)21-5-3-2-4-6-21/h2-8,14-19,26,36H,9-13H2,1H3. The molecule has 4 aromatic heterocycles. The summed E-state index contributed by atoms with van der Waals surface area (Å²) in [5.41, 5.74) is 6.22. The molecule has 0 bridgehead atoms. The molecule has 0 aliphatic carbocycles. The molecule has 36 heavy (non-hydrogen) atoms. The smallest absolute Gasteiger partial charge is 0.225 e. The maximum atomic E-state index is 10.5. The van der Waals surface area contributed by atoms with E-state index in [1.54, 1.807) is 4.68 Å². The summed E-state index contributed by atoms with van der Waals surface area (Å²) in [6.07, 6.45) is 11.5. The summed E-state index contributed by atoms with van der Waals surface area (Å²) in [5.74, 6) is 0.730. The van der Waals surface area contributed by atoms with Crippen LogP contribution in [-0.2, 0) is 13.5 Å². The zero-order valence-corrected chi connectivity index (χ0v) is 20.1. The second-order valence-corrected chi connectivity index (χ2v) is 9.18. The molecular weight excluding hydrogens is 452 g/mol. The lowest BCUT2D eigenvalue weighted by Crippen LogP contribution is -2.47. The first-order valence-electron chi connectivity index (χ1n) is 12.1. The highest BCUT2D eigenvalue weighted by atomic mass is 16.3. The summed E-state index contributed by atoms with van der Waals surface area (Å²) in [7, 11) is 1.92. The summed E-state index contributed by atoms with van der Waals surface area (Å²) in [6, 6.07) is 13.9. The zero-order valence-electron chi connectivity index (χ0n) is 20.1. The number of hydrogen-bond acceptors (Lipinski definition) is 7. The molecule has 0 spiro atoms. The number of rotatable bonds is 6. The Bertz CT molecular complexity index is 1450. The van der Waals surface area contributed by atoms with Gasteiger partial charge in [-0.3, -0.25) is 4.68 Å². The number of aliphatic hydroxyl groups excluding tert-OH is 1. The van der Waals surface area contributed by atoms with Crippen LogP contribution in [0, 0.1) is 0 Å².